The van der Waals surface area contributed by atoms with Gasteiger partial charge in [0.2, 0.25) is 5.91 Å². The summed E-state index contributed by atoms with van der Waals surface area (Å²) in [6.45, 7) is 4.11. The van der Waals surface area contributed by atoms with E-state index in [1.54, 1.807) is 11.0 Å². The van der Waals surface area contributed by atoms with Gasteiger partial charge in [-0.2, -0.15) is 0 Å². The lowest BCUT2D eigenvalue weighted by atomic mass is 9.89. The third-order valence-electron chi connectivity index (χ3n) is 5.49. The van der Waals surface area contributed by atoms with Crippen molar-refractivity contribution in [1.82, 2.24) is 10.2 Å². The van der Waals surface area contributed by atoms with Crippen molar-refractivity contribution in [3.63, 3.8) is 0 Å². The molecule has 1 spiro atoms. The van der Waals surface area contributed by atoms with E-state index in [1.807, 2.05) is 13.8 Å². The summed E-state index contributed by atoms with van der Waals surface area (Å²) in [6, 6.07) is 4.97. The molecule has 1 aromatic rings. The number of hydrogen-bond donors (Lipinski definition) is 1. The number of nitrogens with one attached hydrogen (secondary N) is 1. The van der Waals surface area contributed by atoms with Crippen LogP contribution in [0.3, 0.4) is 0 Å². The van der Waals surface area contributed by atoms with Crippen LogP contribution < -0.4 is 5.32 Å². The smallest absolute Gasteiger partial charge is 0.256 e. The summed E-state index contributed by atoms with van der Waals surface area (Å²) in [5.41, 5.74) is -0.499. The number of carbonyl (C=O) groups is 2. The Hall–Kier alpha value is -1.95. The zero-order valence-electron chi connectivity index (χ0n) is 15.5. The molecule has 2 fully saturated rings. The van der Waals surface area contributed by atoms with Crippen LogP contribution in [0.1, 0.15) is 62.7 Å². The highest BCUT2D eigenvalue weighted by molar-refractivity contribution is 5.98. The standard InChI is InChI=1S/C20H27FN2O3/c1-3-14(2)22-18(24)17-13-26-20(10-5-4-6-11-20)23(17)19(25)15-8-7-9-16(21)12-15/h7-9,12,14,17H,3-6,10-11,13H2,1-2H3,(H,22,24)/t14-,17-/m1/s1. The molecular formula is C20H27FN2O3. The minimum absolute atomic E-state index is 0.0246. The first-order valence-corrected chi connectivity index (χ1v) is 9.50. The summed E-state index contributed by atoms with van der Waals surface area (Å²) < 4.78 is 19.7. The zero-order chi connectivity index (χ0) is 18.7. The minimum Gasteiger partial charge on any atom is -0.353 e. The predicted octanol–water partition coefficient (Wildman–Crippen LogP) is 3.24. The van der Waals surface area contributed by atoms with Crippen molar-refractivity contribution in [2.45, 2.75) is 70.2 Å². The Morgan fingerprint density at radius 1 is 1.35 bits per heavy atom. The number of hydrogen-bond acceptors (Lipinski definition) is 3. The first-order chi connectivity index (χ1) is 12.5. The minimum atomic E-state index is -0.751. The summed E-state index contributed by atoms with van der Waals surface area (Å²) in [4.78, 5) is 27.6. The van der Waals surface area contributed by atoms with Gasteiger partial charge < -0.3 is 10.1 Å². The van der Waals surface area contributed by atoms with E-state index in [4.69, 9.17) is 4.74 Å². The van der Waals surface area contributed by atoms with E-state index < -0.39 is 17.6 Å². The second-order valence-electron chi connectivity index (χ2n) is 7.34. The van der Waals surface area contributed by atoms with E-state index in [0.717, 1.165) is 25.7 Å². The highest BCUT2D eigenvalue weighted by atomic mass is 19.1. The van der Waals surface area contributed by atoms with Gasteiger partial charge in [0.05, 0.1) is 6.61 Å². The molecule has 26 heavy (non-hydrogen) atoms. The van der Waals surface area contributed by atoms with Crippen molar-refractivity contribution in [1.29, 1.82) is 0 Å². The Kier molecular flexibility index (Phi) is 5.61. The van der Waals surface area contributed by atoms with Crippen LogP contribution in [-0.4, -0.2) is 41.1 Å². The van der Waals surface area contributed by atoms with Gasteiger partial charge in [-0.15, -0.1) is 0 Å². The van der Waals surface area contributed by atoms with E-state index in [1.165, 1.54) is 18.2 Å². The second kappa shape index (κ2) is 7.74. The van der Waals surface area contributed by atoms with Gasteiger partial charge in [-0.3, -0.25) is 14.5 Å². The fourth-order valence-electron chi connectivity index (χ4n) is 3.87. The third kappa shape index (κ3) is 3.61. The Labute approximate surface area is 153 Å². The molecule has 3 rings (SSSR count). The molecule has 1 aromatic carbocycles. The fourth-order valence-corrected chi connectivity index (χ4v) is 3.87. The molecular weight excluding hydrogens is 335 g/mol. The number of rotatable bonds is 4. The van der Waals surface area contributed by atoms with Crippen LogP contribution in [0.15, 0.2) is 24.3 Å². The summed E-state index contributed by atoms with van der Waals surface area (Å²) in [5.74, 6) is -1.01. The number of benzene rings is 1. The van der Waals surface area contributed by atoms with E-state index in [2.05, 4.69) is 5.32 Å². The Balaban J connectivity index is 1.92. The van der Waals surface area contributed by atoms with Gasteiger partial charge in [-0.25, -0.2) is 4.39 Å². The van der Waals surface area contributed by atoms with Crippen molar-refractivity contribution in [2.24, 2.45) is 0 Å². The molecule has 1 aliphatic heterocycles. The van der Waals surface area contributed by atoms with Crippen LogP contribution in [0.2, 0.25) is 0 Å². The normalized spacial score (nSPS) is 23.0. The summed E-state index contributed by atoms with van der Waals surface area (Å²) >= 11 is 0. The van der Waals surface area contributed by atoms with Crippen LogP contribution >= 0.6 is 0 Å². The van der Waals surface area contributed by atoms with Crippen molar-refractivity contribution in [3.05, 3.63) is 35.6 Å². The van der Waals surface area contributed by atoms with Crippen molar-refractivity contribution >= 4 is 11.8 Å². The maximum absolute atomic E-state index is 13.6. The van der Waals surface area contributed by atoms with Gasteiger partial charge in [0.15, 0.2) is 0 Å². The molecule has 1 N–H and O–H groups in total. The fraction of sp³-hybridized carbons (Fsp3) is 0.600. The molecule has 5 nitrogen and oxygen atoms in total. The van der Waals surface area contributed by atoms with Crippen LogP contribution in [0.4, 0.5) is 4.39 Å². The summed E-state index contributed by atoms with van der Waals surface area (Å²) in [6.07, 6.45) is 5.22. The lowest BCUT2D eigenvalue weighted by molar-refractivity contribution is -0.127. The number of amides is 2. The zero-order valence-corrected chi connectivity index (χ0v) is 15.5. The maximum atomic E-state index is 13.6. The Bertz CT molecular complexity index is 673. The molecule has 0 unspecified atom stereocenters. The summed E-state index contributed by atoms with van der Waals surface area (Å²) in [5, 5.41) is 2.95. The topological polar surface area (TPSA) is 58.6 Å². The van der Waals surface area contributed by atoms with Crippen molar-refractivity contribution in [2.75, 3.05) is 6.61 Å². The molecule has 2 amide bonds. The van der Waals surface area contributed by atoms with Crippen LogP contribution in [0, 0.1) is 5.82 Å². The monoisotopic (exact) mass is 362 g/mol. The molecule has 1 saturated heterocycles. The van der Waals surface area contributed by atoms with Gasteiger partial charge in [0.1, 0.15) is 17.6 Å². The maximum Gasteiger partial charge on any atom is 0.256 e. The van der Waals surface area contributed by atoms with E-state index in [-0.39, 0.29) is 30.0 Å². The summed E-state index contributed by atoms with van der Waals surface area (Å²) in [7, 11) is 0. The first kappa shape index (κ1) is 18.8. The quantitative estimate of drug-likeness (QED) is 0.895. The Morgan fingerprint density at radius 3 is 2.73 bits per heavy atom. The molecule has 0 radical (unpaired) electrons. The number of nitrogens with zero attached hydrogens (tertiary/aromatic N) is 1. The average molecular weight is 362 g/mol. The van der Waals surface area contributed by atoms with E-state index in [9.17, 15) is 14.0 Å². The average Bonchev–Trinajstić information content (AvgIpc) is 3.00. The van der Waals surface area contributed by atoms with Crippen LogP contribution in [-0.2, 0) is 9.53 Å². The molecule has 0 aromatic heterocycles. The van der Waals surface area contributed by atoms with E-state index >= 15 is 0 Å². The lowest BCUT2D eigenvalue weighted by Gasteiger charge is -2.41. The number of carbonyl (C=O) groups excluding carboxylic acids is 2. The van der Waals surface area contributed by atoms with Gasteiger partial charge in [-0.05, 0) is 57.2 Å². The second-order valence-corrected chi connectivity index (χ2v) is 7.34. The van der Waals surface area contributed by atoms with Gasteiger partial charge in [-0.1, -0.05) is 19.4 Å². The molecule has 6 heteroatoms. The molecule has 1 heterocycles. The number of ether oxygens (including phenoxy) is 1. The van der Waals surface area contributed by atoms with Crippen LogP contribution in [0.25, 0.3) is 0 Å². The Morgan fingerprint density at radius 2 is 2.08 bits per heavy atom. The molecule has 0 bridgehead atoms. The predicted molar refractivity (Wildman–Crippen MR) is 96.0 cm³/mol. The lowest BCUT2D eigenvalue weighted by Crippen LogP contribution is -2.57. The van der Waals surface area contributed by atoms with Crippen LogP contribution in [0.5, 0.6) is 0 Å². The largest absolute Gasteiger partial charge is 0.353 e. The van der Waals surface area contributed by atoms with Crippen molar-refractivity contribution < 1.29 is 18.7 Å². The van der Waals surface area contributed by atoms with Gasteiger partial charge >= 0.3 is 0 Å². The molecule has 2 aliphatic rings. The third-order valence-corrected chi connectivity index (χ3v) is 5.49. The van der Waals surface area contributed by atoms with Crippen molar-refractivity contribution in [3.8, 4) is 0 Å². The van der Waals surface area contributed by atoms with E-state index in [0.29, 0.717) is 12.8 Å². The highest BCUT2D eigenvalue weighted by Crippen LogP contribution is 2.41. The van der Waals surface area contributed by atoms with Gasteiger partial charge in [0, 0.05) is 11.6 Å². The number of halogens is 1. The molecule has 1 saturated carbocycles. The SMILES string of the molecule is CC[C@@H](C)NC(=O)[C@H]1COC2(CCCCC2)N1C(=O)c1cccc(F)c1. The molecule has 1 aliphatic carbocycles. The molecule has 142 valence electrons. The first-order valence-electron chi connectivity index (χ1n) is 9.50. The van der Waals surface area contributed by atoms with Gasteiger partial charge in [0.25, 0.3) is 5.91 Å². The highest BCUT2D eigenvalue weighted by Gasteiger charge is 2.53. The molecule has 2 atom stereocenters.